The maximum Gasteiger partial charge on any atom is 0.339 e. The number of nitrogens with zero attached hydrogens (tertiary/aromatic N) is 1. The number of rotatable bonds is 4. The van der Waals surface area contributed by atoms with E-state index in [9.17, 15) is 13.2 Å². The molecule has 0 bridgehead atoms. The van der Waals surface area contributed by atoms with E-state index in [0.29, 0.717) is 6.54 Å². The van der Waals surface area contributed by atoms with E-state index in [-0.39, 0.29) is 23.0 Å². The number of piperidine rings is 1. The van der Waals surface area contributed by atoms with Crippen molar-refractivity contribution in [1.29, 1.82) is 0 Å². The van der Waals surface area contributed by atoms with Gasteiger partial charge in [0.1, 0.15) is 0 Å². The van der Waals surface area contributed by atoms with Gasteiger partial charge in [-0.05, 0) is 31.9 Å². The first-order valence-corrected chi connectivity index (χ1v) is 8.76. The molecule has 0 radical (unpaired) electrons. The summed E-state index contributed by atoms with van der Waals surface area (Å²) in [5.74, 6) is -0.649. The van der Waals surface area contributed by atoms with Gasteiger partial charge >= 0.3 is 5.97 Å². The van der Waals surface area contributed by atoms with Crippen LogP contribution in [0.2, 0.25) is 0 Å². The fourth-order valence-electron chi connectivity index (χ4n) is 2.79. The van der Waals surface area contributed by atoms with Crippen molar-refractivity contribution in [3.63, 3.8) is 0 Å². The van der Waals surface area contributed by atoms with E-state index in [1.165, 1.54) is 17.5 Å². The fourth-order valence-corrected chi connectivity index (χ4v) is 4.66. The molecule has 1 atom stereocenters. The summed E-state index contributed by atoms with van der Waals surface area (Å²) in [6, 6.07) is 4.48. The Morgan fingerprint density at radius 2 is 2.14 bits per heavy atom. The van der Waals surface area contributed by atoms with E-state index in [1.54, 1.807) is 19.1 Å². The van der Waals surface area contributed by atoms with Gasteiger partial charge in [-0.25, -0.2) is 13.2 Å². The first kappa shape index (κ1) is 16.9. The lowest BCUT2D eigenvalue weighted by atomic mass is 10.1. The fraction of sp³-hybridized carbons (Fsp3) is 0.533. The lowest BCUT2D eigenvalue weighted by Crippen LogP contribution is -2.47. The largest absolute Gasteiger partial charge is 0.465 e. The van der Waals surface area contributed by atoms with Crippen LogP contribution in [0.15, 0.2) is 23.1 Å². The van der Waals surface area contributed by atoms with Crippen LogP contribution in [0.5, 0.6) is 0 Å². The van der Waals surface area contributed by atoms with Crippen molar-refractivity contribution in [2.75, 3.05) is 20.2 Å². The smallest absolute Gasteiger partial charge is 0.339 e. The number of ether oxygens (including phenoxy) is 1. The molecule has 1 unspecified atom stereocenters. The summed E-state index contributed by atoms with van der Waals surface area (Å²) >= 11 is 0. The second kappa shape index (κ2) is 6.76. The van der Waals surface area contributed by atoms with Crippen LogP contribution in [0, 0.1) is 6.92 Å². The molecule has 122 valence electrons. The van der Waals surface area contributed by atoms with Crippen LogP contribution in [-0.4, -0.2) is 44.9 Å². The molecule has 0 amide bonds. The molecule has 1 fully saturated rings. The van der Waals surface area contributed by atoms with Crippen molar-refractivity contribution in [3.8, 4) is 0 Å². The summed E-state index contributed by atoms with van der Waals surface area (Å²) in [6.45, 7) is 2.50. The maximum atomic E-state index is 13.0. The number of benzene rings is 1. The third-order valence-electron chi connectivity index (χ3n) is 3.97. The highest BCUT2D eigenvalue weighted by atomic mass is 32.2. The number of hydrogen-bond acceptors (Lipinski definition) is 5. The molecule has 0 aromatic heterocycles. The zero-order valence-corrected chi connectivity index (χ0v) is 13.7. The predicted octanol–water partition coefficient (Wildman–Crippen LogP) is 1.28. The highest BCUT2D eigenvalue weighted by Gasteiger charge is 2.35. The van der Waals surface area contributed by atoms with Crippen molar-refractivity contribution < 1.29 is 17.9 Å². The Kier molecular flexibility index (Phi) is 5.20. The minimum Gasteiger partial charge on any atom is -0.465 e. The van der Waals surface area contributed by atoms with Gasteiger partial charge in [-0.15, -0.1) is 0 Å². The molecule has 1 heterocycles. The molecule has 7 heteroatoms. The van der Waals surface area contributed by atoms with Crippen molar-refractivity contribution >= 4 is 16.0 Å². The van der Waals surface area contributed by atoms with Gasteiger partial charge in [0.2, 0.25) is 10.0 Å². The van der Waals surface area contributed by atoms with Crippen LogP contribution in [0.4, 0.5) is 0 Å². The molecule has 1 saturated heterocycles. The molecular weight excluding hydrogens is 304 g/mol. The number of nitrogens with two attached hydrogens (primary N) is 1. The van der Waals surface area contributed by atoms with Gasteiger partial charge in [0, 0.05) is 19.1 Å². The minimum absolute atomic E-state index is 0.00898. The zero-order valence-electron chi connectivity index (χ0n) is 12.9. The van der Waals surface area contributed by atoms with E-state index in [2.05, 4.69) is 0 Å². The topological polar surface area (TPSA) is 89.7 Å². The molecule has 0 saturated carbocycles. The molecule has 2 rings (SSSR count). The molecule has 2 N–H and O–H groups in total. The monoisotopic (exact) mass is 326 g/mol. The highest BCUT2D eigenvalue weighted by molar-refractivity contribution is 7.89. The summed E-state index contributed by atoms with van der Waals surface area (Å²) in [5, 5.41) is 0. The number of esters is 1. The molecular formula is C15H22N2O4S. The SMILES string of the molecule is COC(=O)c1cc(C)ccc1S(=O)(=O)N1CCCCC1CN. The van der Waals surface area contributed by atoms with Crippen molar-refractivity contribution in [2.24, 2.45) is 5.73 Å². The van der Waals surface area contributed by atoms with E-state index in [4.69, 9.17) is 10.5 Å². The molecule has 0 aliphatic carbocycles. The van der Waals surface area contributed by atoms with Crippen molar-refractivity contribution in [1.82, 2.24) is 4.31 Å². The van der Waals surface area contributed by atoms with Gasteiger partial charge in [-0.3, -0.25) is 0 Å². The van der Waals surface area contributed by atoms with Crippen LogP contribution in [0.1, 0.15) is 35.2 Å². The van der Waals surface area contributed by atoms with Crippen LogP contribution >= 0.6 is 0 Å². The number of hydrogen-bond donors (Lipinski definition) is 1. The average molecular weight is 326 g/mol. The van der Waals surface area contributed by atoms with Gasteiger partial charge in [0.05, 0.1) is 17.6 Å². The molecule has 0 spiro atoms. The first-order valence-electron chi connectivity index (χ1n) is 7.32. The van der Waals surface area contributed by atoms with E-state index in [0.717, 1.165) is 24.8 Å². The standard InChI is InChI=1S/C15H22N2O4S/c1-11-6-7-14(13(9-11)15(18)21-2)22(19,20)17-8-4-3-5-12(17)10-16/h6-7,9,12H,3-5,8,10,16H2,1-2H3. The third kappa shape index (κ3) is 3.16. The van der Waals surface area contributed by atoms with Crippen LogP contribution in [0.3, 0.4) is 0 Å². The van der Waals surface area contributed by atoms with Crippen molar-refractivity contribution in [3.05, 3.63) is 29.3 Å². The van der Waals surface area contributed by atoms with E-state index < -0.39 is 16.0 Å². The number of carbonyl (C=O) groups is 1. The Hall–Kier alpha value is -1.44. The van der Waals surface area contributed by atoms with Gasteiger partial charge in [0.15, 0.2) is 0 Å². The molecule has 22 heavy (non-hydrogen) atoms. The number of carbonyl (C=O) groups excluding carboxylic acids is 1. The summed E-state index contributed by atoms with van der Waals surface area (Å²) < 4.78 is 32.1. The summed E-state index contributed by atoms with van der Waals surface area (Å²) in [6.07, 6.45) is 2.51. The van der Waals surface area contributed by atoms with Gasteiger partial charge in [-0.2, -0.15) is 4.31 Å². The first-order chi connectivity index (χ1) is 10.4. The van der Waals surface area contributed by atoms with Crippen molar-refractivity contribution in [2.45, 2.75) is 37.1 Å². The van der Waals surface area contributed by atoms with Crippen LogP contribution in [-0.2, 0) is 14.8 Å². The second-order valence-corrected chi connectivity index (χ2v) is 7.35. The minimum atomic E-state index is -3.77. The second-order valence-electron chi connectivity index (χ2n) is 5.49. The highest BCUT2D eigenvalue weighted by Crippen LogP contribution is 2.28. The zero-order chi connectivity index (χ0) is 16.3. The van der Waals surface area contributed by atoms with Crippen LogP contribution in [0.25, 0.3) is 0 Å². The average Bonchev–Trinajstić information content (AvgIpc) is 2.53. The lowest BCUT2D eigenvalue weighted by Gasteiger charge is -2.34. The molecule has 1 aromatic carbocycles. The molecule has 1 aliphatic rings. The van der Waals surface area contributed by atoms with Gasteiger partial charge in [0.25, 0.3) is 0 Å². The Balaban J connectivity index is 2.51. The molecule has 1 aliphatic heterocycles. The molecule has 6 nitrogen and oxygen atoms in total. The number of sulfonamides is 1. The van der Waals surface area contributed by atoms with Gasteiger partial charge < -0.3 is 10.5 Å². The Morgan fingerprint density at radius 1 is 1.41 bits per heavy atom. The molecule has 1 aromatic rings. The Morgan fingerprint density at radius 3 is 2.77 bits per heavy atom. The summed E-state index contributed by atoms with van der Waals surface area (Å²) in [4.78, 5) is 11.9. The van der Waals surface area contributed by atoms with E-state index >= 15 is 0 Å². The van der Waals surface area contributed by atoms with Crippen LogP contribution < -0.4 is 5.73 Å². The Bertz CT molecular complexity index is 658. The third-order valence-corrected chi connectivity index (χ3v) is 5.98. The summed E-state index contributed by atoms with van der Waals surface area (Å²) in [7, 11) is -2.53. The summed E-state index contributed by atoms with van der Waals surface area (Å²) in [5.41, 5.74) is 6.59. The lowest BCUT2D eigenvalue weighted by molar-refractivity contribution is 0.0596. The quantitative estimate of drug-likeness (QED) is 0.842. The van der Waals surface area contributed by atoms with E-state index in [1.807, 2.05) is 0 Å². The maximum absolute atomic E-state index is 13.0. The van der Waals surface area contributed by atoms with Gasteiger partial charge in [-0.1, -0.05) is 18.1 Å². The number of aryl methyl sites for hydroxylation is 1. The number of methoxy groups -OCH3 is 1. The Labute approximate surface area is 131 Å². The predicted molar refractivity (Wildman–Crippen MR) is 83.1 cm³/mol. The normalized spacial score (nSPS) is 19.9.